The predicted octanol–water partition coefficient (Wildman–Crippen LogP) is 6.74. The second-order valence-electron chi connectivity index (χ2n) is 7.99. The first-order chi connectivity index (χ1) is 13.2. The molecule has 0 fully saturated rings. The normalized spacial score (nSPS) is 16.0. The lowest BCUT2D eigenvalue weighted by Crippen LogP contribution is -2.11. The summed E-state index contributed by atoms with van der Waals surface area (Å²) in [5.41, 5.74) is 5.42. The third kappa shape index (κ3) is 5.69. The molecule has 2 aromatic rings. The number of carbonyl (C=O) groups excluding carboxylic acids is 1. The quantitative estimate of drug-likeness (QED) is 0.294. The van der Waals surface area contributed by atoms with Crippen molar-refractivity contribution < 1.29 is 9.53 Å². The summed E-state index contributed by atoms with van der Waals surface area (Å²) < 4.78 is 5.48. The van der Waals surface area contributed by atoms with E-state index < -0.39 is 0 Å². The minimum Gasteiger partial charge on any atom is -0.427 e. The molecule has 0 N–H and O–H groups in total. The molecule has 0 radical (unpaired) electrons. The number of benzene rings is 2. The van der Waals surface area contributed by atoms with Crippen molar-refractivity contribution in [3.8, 4) is 16.9 Å². The van der Waals surface area contributed by atoms with Gasteiger partial charge in [-0.15, -0.1) is 0 Å². The Morgan fingerprint density at radius 2 is 1.70 bits per heavy atom. The summed E-state index contributed by atoms with van der Waals surface area (Å²) in [7, 11) is 0. The van der Waals surface area contributed by atoms with Crippen LogP contribution in [-0.4, -0.2) is 5.97 Å². The molecule has 1 aliphatic rings. The fourth-order valence-electron chi connectivity index (χ4n) is 3.89. The Morgan fingerprint density at radius 1 is 0.963 bits per heavy atom. The topological polar surface area (TPSA) is 26.3 Å². The van der Waals surface area contributed by atoms with Crippen LogP contribution in [-0.2, 0) is 17.6 Å². The fourth-order valence-corrected chi connectivity index (χ4v) is 3.89. The number of fused-ring (bicyclic) bond motifs is 1. The maximum atomic E-state index is 12.0. The van der Waals surface area contributed by atoms with Crippen LogP contribution < -0.4 is 4.74 Å². The molecule has 0 saturated carbocycles. The highest BCUT2D eigenvalue weighted by atomic mass is 16.5. The van der Waals surface area contributed by atoms with Crippen LogP contribution in [0.5, 0.6) is 5.75 Å². The molecule has 2 aromatic carbocycles. The summed E-state index contributed by atoms with van der Waals surface area (Å²) >= 11 is 0. The number of unbranched alkanes of at least 4 members (excludes halogenated alkanes) is 4. The molecule has 144 valence electrons. The number of hydrogen-bond donors (Lipinski definition) is 0. The molecule has 3 rings (SSSR count). The zero-order valence-corrected chi connectivity index (χ0v) is 16.8. The highest BCUT2D eigenvalue weighted by Gasteiger charge is 2.15. The molecule has 1 atom stereocenters. The van der Waals surface area contributed by atoms with E-state index in [1.54, 1.807) is 0 Å². The number of carbonyl (C=O) groups is 1. The molecular weight excluding hydrogens is 332 g/mol. The van der Waals surface area contributed by atoms with Gasteiger partial charge in [0.15, 0.2) is 0 Å². The first-order valence-electron chi connectivity index (χ1n) is 10.6. The standard InChI is InChI=1S/C25H32O2/c1-3-4-5-6-7-8-25(26)27-24-15-13-20(14-16-24)22-12-11-21-17-19(2)9-10-23(21)18-22/h11-16,18-19H,3-10,17H2,1-2H3. The van der Waals surface area contributed by atoms with Gasteiger partial charge in [0.1, 0.15) is 5.75 Å². The van der Waals surface area contributed by atoms with Crippen LogP contribution in [0.15, 0.2) is 42.5 Å². The lowest BCUT2D eigenvalue weighted by Gasteiger charge is -2.22. The lowest BCUT2D eigenvalue weighted by atomic mass is 9.83. The van der Waals surface area contributed by atoms with E-state index >= 15 is 0 Å². The van der Waals surface area contributed by atoms with Crippen molar-refractivity contribution in [3.05, 3.63) is 53.6 Å². The van der Waals surface area contributed by atoms with Crippen molar-refractivity contribution in [2.75, 3.05) is 0 Å². The highest BCUT2D eigenvalue weighted by molar-refractivity contribution is 5.73. The van der Waals surface area contributed by atoms with Crippen LogP contribution in [0.25, 0.3) is 11.1 Å². The minimum absolute atomic E-state index is 0.123. The molecule has 0 saturated heterocycles. The van der Waals surface area contributed by atoms with Gasteiger partial charge in [0.25, 0.3) is 0 Å². The van der Waals surface area contributed by atoms with Gasteiger partial charge in [-0.3, -0.25) is 4.79 Å². The van der Waals surface area contributed by atoms with Crippen LogP contribution in [0.2, 0.25) is 0 Å². The first kappa shape index (κ1) is 19.7. The fraction of sp³-hybridized carbons (Fsp3) is 0.480. The minimum atomic E-state index is -0.123. The number of ether oxygens (including phenoxy) is 1. The maximum Gasteiger partial charge on any atom is 0.311 e. The molecule has 0 aromatic heterocycles. The molecule has 0 amide bonds. The van der Waals surface area contributed by atoms with Crippen molar-refractivity contribution in [3.63, 3.8) is 0 Å². The van der Waals surface area contributed by atoms with Crippen molar-refractivity contribution in [2.45, 2.75) is 71.6 Å². The van der Waals surface area contributed by atoms with Gasteiger partial charge in [-0.1, -0.05) is 69.9 Å². The van der Waals surface area contributed by atoms with Gasteiger partial charge in [0.05, 0.1) is 0 Å². The summed E-state index contributed by atoms with van der Waals surface area (Å²) in [4.78, 5) is 12.0. The number of rotatable bonds is 8. The Morgan fingerprint density at radius 3 is 2.48 bits per heavy atom. The third-order valence-electron chi connectivity index (χ3n) is 5.58. The monoisotopic (exact) mass is 364 g/mol. The second-order valence-corrected chi connectivity index (χ2v) is 7.99. The van der Waals surface area contributed by atoms with Crippen LogP contribution in [0, 0.1) is 5.92 Å². The van der Waals surface area contributed by atoms with Crippen molar-refractivity contribution in [2.24, 2.45) is 5.92 Å². The molecule has 1 aliphatic carbocycles. The van der Waals surface area contributed by atoms with E-state index in [1.165, 1.54) is 60.8 Å². The van der Waals surface area contributed by atoms with Gasteiger partial charge in [0, 0.05) is 6.42 Å². The number of aryl methyl sites for hydroxylation is 1. The van der Waals surface area contributed by atoms with E-state index in [1.807, 2.05) is 12.1 Å². The Balaban J connectivity index is 1.55. The summed E-state index contributed by atoms with van der Waals surface area (Å²) in [5, 5.41) is 0. The Bertz CT molecular complexity index is 745. The van der Waals surface area contributed by atoms with Crippen LogP contribution >= 0.6 is 0 Å². The Labute approximate surface area is 164 Å². The molecule has 0 spiro atoms. The second kappa shape index (κ2) is 9.73. The van der Waals surface area contributed by atoms with E-state index in [4.69, 9.17) is 4.74 Å². The SMILES string of the molecule is CCCCCCCC(=O)Oc1ccc(-c2ccc3c(c2)CCC(C)C3)cc1. The summed E-state index contributed by atoms with van der Waals surface area (Å²) in [6.07, 6.45) is 9.87. The first-order valence-corrected chi connectivity index (χ1v) is 10.6. The number of hydrogen-bond acceptors (Lipinski definition) is 2. The molecule has 0 heterocycles. The van der Waals surface area contributed by atoms with Gasteiger partial charge in [-0.2, -0.15) is 0 Å². The average Bonchev–Trinajstić information content (AvgIpc) is 2.68. The van der Waals surface area contributed by atoms with Gasteiger partial charge >= 0.3 is 5.97 Å². The van der Waals surface area contributed by atoms with Crippen molar-refractivity contribution in [1.29, 1.82) is 0 Å². The summed E-state index contributed by atoms with van der Waals surface area (Å²) in [6.45, 7) is 4.53. The van der Waals surface area contributed by atoms with Gasteiger partial charge in [-0.05, 0) is 66.0 Å². The summed E-state index contributed by atoms with van der Waals surface area (Å²) in [5.74, 6) is 1.32. The van der Waals surface area contributed by atoms with Gasteiger partial charge in [0.2, 0.25) is 0 Å². The molecule has 27 heavy (non-hydrogen) atoms. The van der Waals surface area contributed by atoms with E-state index in [0.29, 0.717) is 12.2 Å². The smallest absolute Gasteiger partial charge is 0.311 e. The van der Waals surface area contributed by atoms with Crippen molar-refractivity contribution >= 4 is 5.97 Å². The largest absolute Gasteiger partial charge is 0.427 e. The van der Waals surface area contributed by atoms with Crippen LogP contribution in [0.3, 0.4) is 0 Å². The molecule has 1 unspecified atom stereocenters. The van der Waals surface area contributed by atoms with E-state index in [-0.39, 0.29) is 5.97 Å². The maximum absolute atomic E-state index is 12.0. The predicted molar refractivity (Wildman–Crippen MR) is 112 cm³/mol. The van der Waals surface area contributed by atoms with E-state index in [0.717, 1.165) is 18.8 Å². The van der Waals surface area contributed by atoms with E-state index in [2.05, 4.69) is 44.2 Å². The molecule has 2 heteroatoms. The van der Waals surface area contributed by atoms with Crippen LogP contribution in [0.1, 0.15) is 69.9 Å². The Hall–Kier alpha value is -2.09. The zero-order chi connectivity index (χ0) is 19.1. The molecule has 2 nitrogen and oxygen atoms in total. The third-order valence-corrected chi connectivity index (χ3v) is 5.58. The average molecular weight is 365 g/mol. The molecular formula is C25H32O2. The van der Waals surface area contributed by atoms with Gasteiger partial charge in [-0.25, -0.2) is 0 Å². The lowest BCUT2D eigenvalue weighted by molar-refractivity contribution is -0.134. The van der Waals surface area contributed by atoms with Crippen LogP contribution in [0.4, 0.5) is 0 Å². The molecule has 0 aliphatic heterocycles. The molecule has 0 bridgehead atoms. The summed E-state index contributed by atoms with van der Waals surface area (Å²) in [6, 6.07) is 14.8. The number of esters is 1. The zero-order valence-electron chi connectivity index (χ0n) is 16.8. The van der Waals surface area contributed by atoms with E-state index in [9.17, 15) is 4.79 Å². The van der Waals surface area contributed by atoms with Gasteiger partial charge < -0.3 is 4.74 Å². The van der Waals surface area contributed by atoms with Crippen molar-refractivity contribution in [1.82, 2.24) is 0 Å². The Kier molecular flexibility index (Phi) is 7.09. The highest BCUT2D eigenvalue weighted by Crippen LogP contribution is 2.30.